The third-order valence-corrected chi connectivity index (χ3v) is 4.37. The van der Waals surface area contributed by atoms with Gasteiger partial charge in [-0.2, -0.15) is 0 Å². The minimum absolute atomic E-state index is 0.169. The molecule has 0 atom stereocenters. The average Bonchev–Trinajstić information content (AvgIpc) is 3.15. The summed E-state index contributed by atoms with van der Waals surface area (Å²) in [4.78, 5) is 40.9. The van der Waals surface area contributed by atoms with Crippen molar-refractivity contribution in [3.63, 3.8) is 0 Å². The lowest BCUT2D eigenvalue weighted by Gasteiger charge is -2.25. The summed E-state index contributed by atoms with van der Waals surface area (Å²) in [6.07, 6.45) is 3.27. The van der Waals surface area contributed by atoms with Gasteiger partial charge in [0.25, 0.3) is 5.91 Å². The third kappa shape index (κ3) is 3.94. The summed E-state index contributed by atoms with van der Waals surface area (Å²) in [5, 5.41) is 5.70. The van der Waals surface area contributed by atoms with E-state index in [0.29, 0.717) is 22.5 Å². The van der Waals surface area contributed by atoms with Crippen LogP contribution in [0.5, 0.6) is 0 Å². The number of carbonyl (C=O) groups is 3. The average molecular weight is 388 g/mol. The number of benzene rings is 1. The number of anilines is 1. The van der Waals surface area contributed by atoms with Crippen LogP contribution in [-0.2, 0) is 4.79 Å². The SMILES string of the molecule is O=C1CCN(c2coc3ccc(C#CCNC(=O)c4ccccn4)cc23)C(=O)N1. The number of carbonyl (C=O) groups excluding carboxylic acids is 3. The van der Waals surface area contributed by atoms with Crippen LogP contribution < -0.4 is 15.5 Å². The number of amides is 4. The summed E-state index contributed by atoms with van der Waals surface area (Å²) in [6, 6.07) is 10.0. The maximum absolute atomic E-state index is 12.1. The summed E-state index contributed by atoms with van der Waals surface area (Å²) < 4.78 is 5.52. The molecule has 1 aromatic carbocycles. The highest BCUT2D eigenvalue weighted by Gasteiger charge is 2.26. The van der Waals surface area contributed by atoms with Crippen molar-refractivity contribution in [1.29, 1.82) is 0 Å². The highest BCUT2D eigenvalue weighted by Crippen LogP contribution is 2.30. The van der Waals surface area contributed by atoms with Crippen molar-refractivity contribution >= 4 is 34.5 Å². The van der Waals surface area contributed by atoms with Crippen LogP contribution >= 0.6 is 0 Å². The first-order chi connectivity index (χ1) is 14.1. The largest absolute Gasteiger partial charge is 0.462 e. The summed E-state index contributed by atoms with van der Waals surface area (Å²) in [6.45, 7) is 0.455. The Labute approximate surface area is 165 Å². The number of nitrogens with zero attached hydrogens (tertiary/aromatic N) is 2. The minimum atomic E-state index is -0.474. The number of furan rings is 1. The number of rotatable bonds is 3. The Kier molecular flexibility index (Phi) is 4.95. The van der Waals surface area contributed by atoms with E-state index in [-0.39, 0.29) is 31.3 Å². The molecule has 0 aliphatic carbocycles. The predicted molar refractivity (Wildman–Crippen MR) is 105 cm³/mol. The number of imide groups is 1. The van der Waals surface area contributed by atoms with E-state index in [9.17, 15) is 14.4 Å². The molecule has 1 fully saturated rings. The van der Waals surface area contributed by atoms with Crippen LogP contribution in [0, 0.1) is 11.8 Å². The van der Waals surface area contributed by atoms with Crippen molar-refractivity contribution in [3.8, 4) is 11.8 Å². The smallest absolute Gasteiger partial charge is 0.328 e. The van der Waals surface area contributed by atoms with Gasteiger partial charge < -0.3 is 9.73 Å². The summed E-state index contributed by atoms with van der Waals surface area (Å²) >= 11 is 0. The van der Waals surface area contributed by atoms with Crippen molar-refractivity contribution in [2.45, 2.75) is 6.42 Å². The fourth-order valence-corrected chi connectivity index (χ4v) is 2.95. The molecule has 0 spiro atoms. The molecule has 29 heavy (non-hydrogen) atoms. The molecule has 1 saturated heterocycles. The van der Waals surface area contributed by atoms with Crippen molar-refractivity contribution in [2.24, 2.45) is 0 Å². The third-order valence-electron chi connectivity index (χ3n) is 4.37. The first kappa shape index (κ1) is 18.3. The van der Waals surface area contributed by atoms with Gasteiger partial charge in [0.1, 0.15) is 17.5 Å². The summed E-state index contributed by atoms with van der Waals surface area (Å²) in [7, 11) is 0. The second kappa shape index (κ2) is 7.86. The number of hydrogen-bond acceptors (Lipinski definition) is 5. The van der Waals surface area contributed by atoms with Crippen molar-refractivity contribution in [2.75, 3.05) is 18.0 Å². The van der Waals surface area contributed by atoms with Gasteiger partial charge in [0.05, 0.1) is 12.2 Å². The van der Waals surface area contributed by atoms with Gasteiger partial charge in [-0.05, 0) is 30.3 Å². The highest BCUT2D eigenvalue weighted by atomic mass is 16.3. The lowest BCUT2D eigenvalue weighted by molar-refractivity contribution is -0.120. The van der Waals surface area contributed by atoms with E-state index >= 15 is 0 Å². The van der Waals surface area contributed by atoms with Gasteiger partial charge in [0, 0.05) is 30.1 Å². The second-order valence-corrected chi connectivity index (χ2v) is 6.29. The lowest BCUT2D eigenvalue weighted by atomic mass is 10.1. The summed E-state index contributed by atoms with van der Waals surface area (Å²) in [5.41, 5.74) is 2.23. The predicted octanol–water partition coefficient (Wildman–Crippen LogP) is 2.06. The van der Waals surface area contributed by atoms with Gasteiger partial charge in [0.15, 0.2) is 0 Å². The fraction of sp³-hybridized carbons (Fsp3) is 0.143. The number of urea groups is 1. The van der Waals surface area contributed by atoms with Crippen LogP contribution in [0.3, 0.4) is 0 Å². The van der Waals surface area contributed by atoms with E-state index in [2.05, 4.69) is 27.5 Å². The fourth-order valence-electron chi connectivity index (χ4n) is 2.95. The zero-order valence-corrected chi connectivity index (χ0v) is 15.3. The maximum atomic E-state index is 12.1. The van der Waals surface area contributed by atoms with E-state index in [0.717, 1.165) is 5.39 Å². The Hall–Kier alpha value is -4.12. The number of pyridine rings is 1. The van der Waals surface area contributed by atoms with E-state index in [1.54, 1.807) is 36.5 Å². The van der Waals surface area contributed by atoms with Crippen molar-refractivity contribution in [3.05, 3.63) is 60.1 Å². The number of aromatic nitrogens is 1. The molecule has 3 heterocycles. The van der Waals surface area contributed by atoms with E-state index < -0.39 is 6.03 Å². The topological polar surface area (TPSA) is 105 Å². The molecule has 1 aliphatic heterocycles. The van der Waals surface area contributed by atoms with Gasteiger partial charge in [-0.25, -0.2) is 4.79 Å². The molecule has 0 unspecified atom stereocenters. The molecule has 0 saturated carbocycles. The Morgan fingerprint density at radius 2 is 2.17 bits per heavy atom. The molecular weight excluding hydrogens is 372 g/mol. The molecule has 0 radical (unpaired) electrons. The first-order valence-corrected chi connectivity index (χ1v) is 8.92. The van der Waals surface area contributed by atoms with E-state index in [1.807, 2.05) is 6.07 Å². The highest BCUT2D eigenvalue weighted by molar-refractivity contribution is 6.09. The number of fused-ring (bicyclic) bond motifs is 1. The Morgan fingerprint density at radius 3 is 2.97 bits per heavy atom. The molecular formula is C21H16N4O4. The van der Waals surface area contributed by atoms with E-state index in [4.69, 9.17) is 4.42 Å². The molecule has 2 aromatic heterocycles. The zero-order valence-electron chi connectivity index (χ0n) is 15.3. The normalized spacial score (nSPS) is 13.6. The Morgan fingerprint density at radius 1 is 1.28 bits per heavy atom. The van der Waals surface area contributed by atoms with Crippen LogP contribution in [0.2, 0.25) is 0 Å². The maximum Gasteiger partial charge on any atom is 0.328 e. The number of nitrogens with one attached hydrogen (secondary N) is 2. The molecule has 4 rings (SSSR count). The molecule has 1 aliphatic rings. The van der Waals surface area contributed by atoms with Crippen LogP contribution in [0.4, 0.5) is 10.5 Å². The quantitative estimate of drug-likeness (QED) is 0.669. The van der Waals surface area contributed by atoms with Crippen molar-refractivity contribution < 1.29 is 18.8 Å². The van der Waals surface area contributed by atoms with Crippen LogP contribution in [0.15, 0.2) is 53.3 Å². The molecule has 2 N–H and O–H groups in total. The van der Waals surface area contributed by atoms with Gasteiger partial charge in [-0.3, -0.25) is 24.8 Å². The first-order valence-electron chi connectivity index (χ1n) is 8.92. The van der Waals surface area contributed by atoms with Gasteiger partial charge in [-0.15, -0.1) is 0 Å². The van der Waals surface area contributed by atoms with Gasteiger partial charge >= 0.3 is 6.03 Å². The zero-order chi connectivity index (χ0) is 20.2. The molecule has 144 valence electrons. The Balaban J connectivity index is 1.48. The summed E-state index contributed by atoms with van der Waals surface area (Å²) in [5.74, 6) is 5.29. The van der Waals surface area contributed by atoms with Crippen LogP contribution in [0.25, 0.3) is 11.0 Å². The van der Waals surface area contributed by atoms with Gasteiger partial charge in [-0.1, -0.05) is 17.9 Å². The number of hydrogen-bond donors (Lipinski definition) is 2. The van der Waals surface area contributed by atoms with Crippen molar-refractivity contribution in [1.82, 2.24) is 15.6 Å². The molecule has 8 heteroatoms. The molecule has 8 nitrogen and oxygen atoms in total. The monoisotopic (exact) mass is 388 g/mol. The Bertz CT molecular complexity index is 1160. The molecule has 3 aromatic rings. The van der Waals surface area contributed by atoms with Gasteiger partial charge in [0.2, 0.25) is 5.91 Å². The van der Waals surface area contributed by atoms with Crippen LogP contribution in [-0.4, -0.2) is 35.9 Å². The lowest BCUT2D eigenvalue weighted by Crippen LogP contribution is -2.49. The standard InChI is InChI=1S/C21H16N4O4/c26-19-8-11-25(21(28)24-19)17-13-29-18-7-6-14(12-15(17)18)4-3-10-23-20(27)16-5-1-2-9-22-16/h1-2,5-7,9,12-13H,8,10-11H2,(H,23,27)(H,24,26,28). The molecule has 0 bridgehead atoms. The molecule has 4 amide bonds. The van der Waals surface area contributed by atoms with E-state index in [1.165, 1.54) is 11.2 Å². The van der Waals surface area contributed by atoms with Crippen LogP contribution in [0.1, 0.15) is 22.5 Å². The minimum Gasteiger partial charge on any atom is -0.462 e. The second-order valence-electron chi connectivity index (χ2n) is 6.29.